The first-order chi connectivity index (χ1) is 11.7. The molecule has 0 radical (unpaired) electrons. The van der Waals surface area contributed by atoms with E-state index in [0.29, 0.717) is 25.4 Å². The third kappa shape index (κ3) is 4.10. The molecule has 0 fully saturated rings. The first-order valence-corrected chi connectivity index (χ1v) is 7.77. The molecule has 6 heteroatoms. The minimum Gasteiger partial charge on any atom is -0.497 e. The molecular formula is C18H20N2O4. The van der Waals surface area contributed by atoms with Gasteiger partial charge >= 0.3 is 6.03 Å². The molecule has 0 unspecified atom stereocenters. The number of fused-ring (bicyclic) bond motifs is 1. The molecule has 0 aromatic heterocycles. The smallest absolute Gasteiger partial charge is 0.315 e. The number of hydrogen-bond acceptors (Lipinski definition) is 4. The van der Waals surface area contributed by atoms with Gasteiger partial charge in [0.25, 0.3) is 0 Å². The van der Waals surface area contributed by atoms with Crippen LogP contribution in [0.2, 0.25) is 0 Å². The second kappa shape index (κ2) is 7.59. The Morgan fingerprint density at radius 1 is 1.17 bits per heavy atom. The monoisotopic (exact) mass is 328 g/mol. The fraction of sp³-hybridized carbons (Fsp3) is 0.278. The maximum absolute atomic E-state index is 11.9. The molecule has 2 N–H and O–H groups in total. The van der Waals surface area contributed by atoms with Crippen LogP contribution in [0.1, 0.15) is 5.56 Å². The van der Waals surface area contributed by atoms with E-state index in [-0.39, 0.29) is 12.1 Å². The molecule has 2 aromatic rings. The first kappa shape index (κ1) is 16.0. The van der Waals surface area contributed by atoms with Crippen LogP contribution in [0.15, 0.2) is 48.5 Å². The zero-order valence-corrected chi connectivity index (χ0v) is 13.5. The van der Waals surface area contributed by atoms with Crippen LogP contribution in [0.3, 0.4) is 0 Å². The van der Waals surface area contributed by atoms with Crippen LogP contribution in [0, 0.1) is 0 Å². The van der Waals surface area contributed by atoms with Crippen LogP contribution in [0.4, 0.5) is 4.79 Å². The molecule has 0 saturated carbocycles. The highest BCUT2D eigenvalue weighted by atomic mass is 16.6. The van der Waals surface area contributed by atoms with Crippen LogP contribution in [-0.4, -0.2) is 32.4 Å². The topological polar surface area (TPSA) is 68.8 Å². The fourth-order valence-corrected chi connectivity index (χ4v) is 2.40. The zero-order chi connectivity index (χ0) is 16.8. The summed E-state index contributed by atoms with van der Waals surface area (Å²) >= 11 is 0. The Morgan fingerprint density at radius 3 is 2.83 bits per heavy atom. The van der Waals surface area contributed by atoms with Crippen LogP contribution < -0.4 is 24.8 Å². The summed E-state index contributed by atoms with van der Waals surface area (Å²) < 4.78 is 16.6. The normalized spacial score (nSPS) is 15.5. The van der Waals surface area contributed by atoms with Gasteiger partial charge in [-0.2, -0.15) is 0 Å². The highest BCUT2D eigenvalue weighted by Crippen LogP contribution is 2.30. The number of methoxy groups -OCH3 is 1. The van der Waals surface area contributed by atoms with Gasteiger partial charge < -0.3 is 24.8 Å². The van der Waals surface area contributed by atoms with E-state index in [4.69, 9.17) is 14.2 Å². The second-order valence-corrected chi connectivity index (χ2v) is 5.41. The van der Waals surface area contributed by atoms with Crippen molar-refractivity contribution in [2.45, 2.75) is 12.6 Å². The number of amides is 2. The Labute approximate surface area is 140 Å². The predicted octanol–water partition coefficient (Wildman–Crippen LogP) is 2.33. The Hall–Kier alpha value is -2.89. The lowest BCUT2D eigenvalue weighted by Gasteiger charge is -2.26. The summed E-state index contributed by atoms with van der Waals surface area (Å²) in [4.78, 5) is 11.9. The summed E-state index contributed by atoms with van der Waals surface area (Å²) in [5.74, 6) is 2.20. The van der Waals surface area contributed by atoms with E-state index in [2.05, 4.69) is 10.6 Å². The number of rotatable bonds is 5. The van der Waals surface area contributed by atoms with Crippen molar-refractivity contribution >= 4 is 6.03 Å². The van der Waals surface area contributed by atoms with E-state index in [9.17, 15) is 4.79 Å². The molecule has 2 amide bonds. The van der Waals surface area contributed by atoms with Gasteiger partial charge in [0, 0.05) is 6.54 Å². The molecule has 1 atom stereocenters. The van der Waals surface area contributed by atoms with E-state index in [1.165, 1.54) is 0 Å². The van der Waals surface area contributed by atoms with E-state index < -0.39 is 0 Å². The summed E-state index contributed by atoms with van der Waals surface area (Å²) in [6.07, 6.45) is -0.206. The third-order valence-electron chi connectivity index (χ3n) is 3.65. The van der Waals surface area contributed by atoms with Gasteiger partial charge in [0.1, 0.15) is 12.4 Å². The van der Waals surface area contributed by atoms with Crippen molar-refractivity contribution < 1.29 is 19.0 Å². The van der Waals surface area contributed by atoms with E-state index in [1.54, 1.807) is 7.11 Å². The highest BCUT2D eigenvalue weighted by Gasteiger charge is 2.20. The molecule has 3 rings (SSSR count). The van der Waals surface area contributed by atoms with E-state index >= 15 is 0 Å². The van der Waals surface area contributed by atoms with Crippen LogP contribution in [0.5, 0.6) is 17.2 Å². The molecule has 1 aliphatic heterocycles. The maximum atomic E-state index is 11.9. The average Bonchev–Trinajstić information content (AvgIpc) is 2.64. The SMILES string of the molecule is COc1cccc(CNC(=O)NC[C@@H]2COc3ccccc3O2)c1. The van der Waals surface area contributed by atoms with Gasteiger partial charge in [-0.25, -0.2) is 4.79 Å². The molecule has 1 aliphatic rings. The summed E-state index contributed by atoms with van der Waals surface area (Å²) in [6.45, 7) is 1.21. The minimum absolute atomic E-state index is 0.206. The number of hydrogen-bond donors (Lipinski definition) is 2. The van der Waals surface area contributed by atoms with Gasteiger partial charge in [-0.3, -0.25) is 0 Å². The van der Waals surface area contributed by atoms with Crippen molar-refractivity contribution in [2.75, 3.05) is 20.3 Å². The molecule has 6 nitrogen and oxygen atoms in total. The van der Waals surface area contributed by atoms with Gasteiger partial charge in [0.05, 0.1) is 13.7 Å². The quantitative estimate of drug-likeness (QED) is 0.884. The lowest BCUT2D eigenvalue weighted by molar-refractivity contribution is 0.0918. The molecule has 126 valence electrons. The molecule has 0 spiro atoms. The average molecular weight is 328 g/mol. The molecule has 1 heterocycles. The lowest BCUT2D eigenvalue weighted by Crippen LogP contribution is -2.44. The summed E-state index contributed by atoms with van der Waals surface area (Å²) in [6, 6.07) is 14.8. The number of benzene rings is 2. The zero-order valence-electron chi connectivity index (χ0n) is 13.5. The number of para-hydroxylation sites is 2. The van der Waals surface area contributed by atoms with Crippen molar-refractivity contribution in [2.24, 2.45) is 0 Å². The van der Waals surface area contributed by atoms with Gasteiger partial charge in [0.2, 0.25) is 0 Å². The third-order valence-corrected chi connectivity index (χ3v) is 3.65. The van der Waals surface area contributed by atoms with E-state index in [0.717, 1.165) is 17.1 Å². The Balaban J connectivity index is 1.43. The predicted molar refractivity (Wildman–Crippen MR) is 89.6 cm³/mol. The van der Waals surface area contributed by atoms with Crippen LogP contribution in [0.25, 0.3) is 0 Å². The van der Waals surface area contributed by atoms with Gasteiger partial charge in [-0.1, -0.05) is 24.3 Å². The van der Waals surface area contributed by atoms with Gasteiger partial charge in [0.15, 0.2) is 17.6 Å². The Morgan fingerprint density at radius 2 is 2.00 bits per heavy atom. The summed E-state index contributed by atoms with van der Waals surface area (Å²) in [5.41, 5.74) is 0.968. The molecule has 0 aliphatic carbocycles. The van der Waals surface area contributed by atoms with Crippen molar-refractivity contribution in [1.29, 1.82) is 0 Å². The molecular weight excluding hydrogens is 308 g/mol. The van der Waals surface area contributed by atoms with Crippen LogP contribution >= 0.6 is 0 Å². The molecule has 24 heavy (non-hydrogen) atoms. The standard InChI is InChI=1S/C18H20N2O4/c1-22-14-6-4-5-13(9-14)10-19-18(21)20-11-15-12-23-16-7-2-3-8-17(16)24-15/h2-9,15H,10-12H2,1H3,(H2,19,20,21)/t15-/m1/s1. The number of carbonyl (C=O) groups excluding carboxylic acids is 1. The highest BCUT2D eigenvalue weighted by molar-refractivity contribution is 5.73. The fourth-order valence-electron chi connectivity index (χ4n) is 2.40. The van der Waals surface area contributed by atoms with Crippen molar-refractivity contribution in [3.05, 3.63) is 54.1 Å². The number of carbonyl (C=O) groups is 1. The largest absolute Gasteiger partial charge is 0.497 e. The number of urea groups is 1. The lowest BCUT2D eigenvalue weighted by atomic mass is 10.2. The number of ether oxygens (including phenoxy) is 3. The van der Waals surface area contributed by atoms with Crippen LogP contribution in [-0.2, 0) is 6.54 Å². The number of nitrogens with one attached hydrogen (secondary N) is 2. The Kier molecular flexibility index (Phi) is 5.05. The molecule has 0 bridgehead atoms. The first-order valence-electron chi connectivity index (χ1n) is 7.77. The maximum Gasteiger partial charge on any atom is 0.315 e. The molecule has 2 aromatic carbocycles. The molecule has 0 saturated heterocycles. The summed E-state index contributed by atoms with van der Waals surface area (Å²) in [7, 11) is 1.61. The van der Waals surface area contributed by atoms with E-state index in [1.807, 2.05) is 48.5 Å². The van der Waals surface area contributed by atoms with Crippen molar-refractivity contribution in [3.63, 3.8) is 0 Å². The van der Waals surface area contributed by atoms with Crippen molar-refractivity contribution in [3.8, 4) is 17.2 Å². The van der Waals surface area contributed by atoms with Crippen molar-refractivity contribution in [1.82, 2.24) is 10.6 Å². The van der Waals surface area contributed by atoms with Gasteiger partial charge in [-0.05, 0) is 29.8 Å². The second-order valence-electron chi connectivity index (χ2n) is 5.41. The van der Waals surface area contributed by atoms with Gasteiger partial charge in [-0.15, -0.1) is 0 Å². The summed E-state index contributed by atoms with van der Waals surface area (Å²) in [5, 5.41) is 5.60. The minimum atomic E-state index is -0.250. The Bertz CT molecular complexity index is 705.